The van der Waals surface area contributed by atoms with E-state index in [4.69, 9.17) is 14.5 Å². The number of fused-ring (bicyclic) bond motifs is 2. The summed E-state index contributed by atoms with van der Waals surface area (Å²) in [6.07, 6.45) is 14.9. The minimum absolute atomic E-state index is 0.150. The molecule has 0 N–H and O–H groups in total. The van der Waals surface area contributed by atoms with Gasteiger partial charge in [0.15, 0.2) is 0 Å². The number of thiazole rings is 1. The number of likely N-dealkylation sites (N-methyl/N-ethyl adjacent to an activating group) is 1. The van der Waals surface area contributed by atoms with Gasteiger partial charge in [0.1, 0.15) is 12.2 Å². The van der Waals surface area contributed by atoms with Gasteiger partial charge in [-0.3, -0.25) is 9.59 Å². The number of allylic oxidation sites excluding steroid dienone is 5. The molecular formula is C30H44N2O4S. The maximum Gasteiger partial charge on any atom is 0.306 e. The van der Waals surface area contributed by atoms with E-state index in [9.17, 15) is 9.59 Å². The third kappa shape index (κ3) is 13.6. The second kappa shape index (κ2) is 16.4. The molecule has 0 saturated heterocycles. The highest BCUT2D eigenvalue weighted by Gasteiger charge is 2.16. The van der Waals surface area contributed by atoms with Gasteiger partial charge in [0.05, 0.1) is 10.7 Å². The fourth-order valence-electron chi connectivity index (χ4n) is 3.97. The molecule has 1 aromatic heterocycles. The number of nitrogens with zero attached hydrogens (tertiary/aromatic N) is 2. The molecule has 0 spiro atoms. The van der Waals surface area contributed by atoms with Crippen LogP contribution in [-0.4, -0.2) is 54.7 Å². The van der Waals surface area contributed by atoms with E-state index in [-0.39, 0.29) is 24.1 Å². The fraction of sp³-hybridized carbons (Fsp3) is 0.567. The van der Waals surface area contributed by atoms with Crippen LogP contribution in [0.3, 0.4) is 0 Å². The molecule has 0 amide bonds. The molecule has 7 heteroatoms. The van der Waals surface area contributed by atoms with Crippen LogP contribution in [-0.2, 0) is 31.9 Å². The van der Waals surface area contributed by atoms with Gasteiger partial charge in [-0.05, 0) is 73.5 Å². The quantitative estimate of drug-likeness (QED) is 0.251. The molecule has 0 aromatic carbocycles. The van der Waals surface area contributed by atoms with Crippen molar-refractivity contribution in [1.82, 2.24) is 9.88 Å². The number of esters is 2. The van der Waals surface area contributed by atoms with Crippen molar-refractivity contribution in [2.24, 2.45) is 0 Å². The fourth-order valence-corrected chi connectivity index (χ4v) is 4.84. The summed E-state index contributed by atoms with van der Waals surface area (Å²) in [7, 11) is 4.09. The van der Waals surface area contributed by atoms with Crippen molar-refractivity contribution in [1.29, 1.82) is 0 Å². The molecule has 0 aliphatic carbocycles. The van der Waals surface area contributed by atoms with E-state index in [0.717, 1.165) is 47.7 Å². The lowest BCUT2D eigenvalue weighted by atomic mass is 10.1. The van der Waals surface area contributed by atoms with Crippen molar-refractivity contribution in [2.45, 2.75) is 91.3 Å². The Kier molecular flexibility index (Phi) is 13.6. The molecule has 0 radical (unpaired) electrons. The second-order valence-corrected chi connectivity index (χ2v) is 11.2. The molecule has 0 unspecified atom stereocenters. The highest BCUT2D eigenvalue weighted by molar-refractivity contribution is 7.09. The van der Waals surface area contributed by atoms with E-state index in [1.165, 1.54) is 5.57 Å². The predicted octanol–water partition coefficient (Wildman–Crippen LogP) is 6.38. The Balaban J connectivity index is 2.17. The minimum atomic E-state index is -0.375. The summed E-state index contributed by atoms with van der Waals surface area (Å²) in [6.45, 7) is 8.93. The molecule has 1 aliphatic rings. The molecule has 204 valence electrons. The lowest BCUT2D eigenvalue weighted by Crippen LogP contribution is -2.19. The van der Waals surface area contributed by atoms with E-state index in [1.54, 1.807) is 11.3 Å². The van der Waals surface area contributed by atoms with Crippen LogP contribution in [0.4, 0.5) is 0 Å². The Hall–Kier alpha value is -2.51. The van der Waals surface area contributed by atoms with Gasteiger partial charge < -0.3 is 14.4 Å². The van der Waals surface area contributed by atoms with Crippen LogP contribution in [0.1, 0.15) is 76.9 Å². The number of cyclic esters (lactones) is 2. The van der Waals surface area contributed by atoms with Crippen molar-refractivity contribution >= 4 is 23.3 Å². The number of ether oxygens (including phenoxy) is 2. The summed E-state index contributed by atoms with van der Waals surface area (Å²) >= 11 is 1.60. The molecule has 6 nitrogen and oxygen atoms in total. The first-order valence-electron chi connectivity index (χ1n) is 13.3. The first kappa shape index (κ1) is 30.7. The maximum atomic E-state index is 12.7. The van der Waals surface area contributed by atoms with E-state index in [2.05, 4.69) is 35.4 Å². The average Bonchev–Trinajstić information content (AvgIpc) is 3.25. The van der Waals surface area contributed by atoms with Gasteiger partial charge in [-0.1, -0.05) is 41.0 Å². The Morgan fingerprint density at radius 1 is 1.05 bits per heavy atom. The highest BCUT2D eigenvalue weighted by atomic mass is 32.1. The number of rotatable bonds is 5. The third-order valence-electron chi connectivity index (χ3n) is 5.94. The van der Waals surface area contributed by atoms with Crippen LogP contribution < -0.4 is 0 Å². The van der Waals surface area contributed by atoms with Crippen molar-refractivity contribution in [2.75, 3.05) is 20.6 Å². The van der Waals surface area contributed by atoms with Gasteiger partial charge in [-0.15, -0.1) is 11.3 Å². The van der Waals surface area contributed by atoms with Crippen molar-refractivity contribution in [3.8, 4) is 0 Å². The first-order valence-corrected chi connectivity index (χ1v) is 14.1. The monoisotopic (exact) mass is 528 g/mol. The highest BCUT2D eigenvalue weighted by Crippen LogP contribution is 2.19. The lowest BCUT2D eigenvalue weighted by Gasteiger charge is -2.15. The molecule has 0 saturated carbocycles. The van der Waals surface area contributed by atoms with Crippen LogP contribution in [0.25, 0.3) is 0 Å². The largest absolute Gasteiger partial charge is 0.462 e. The van der Waals surface area contributed by atoms with E-state index >= 15 is 0 Å². The summed E-state index contributed by atoms with van der Waals surface area (Å²) in [5.41, 5.74) is 4.36. The minimum Gasteiger partial charge on any atom is -0.462 e. The summed E-state index contributed by atoms with van der Waals surface area (Å²) in [6, 6.07) is 0. The molecule has 2 heterocycles. The number of aromatic nitrogens is 1. The van der Waals surface area contributed by atoms with Crippen molar-refractivity contribution in [3.05, 3.63) is 63.2 Å². The van der Waals surface area contributed by atoms with Crippen LogP contribution in [0.15, 0.2) is 52.5 Å². The van der Waals surface area contributed by atoms with E-state index in [1.807, 2.05) is 47.0 Å². The Bertz CT molecular complexity index is 1000. The Labute approximate surface area is 227 Å². The molecule has 2 rings (SSSR count). The normalized spacial score (nSPS) is 23.6. The average molecular weight is 529 g/mol. The predicted molar refractivity (Wildman–Crippen MR) is 152 cm³/mol. The zero-order valence-corrected chi connectivity index (χ0v) is 24.2. The smallest absolute Gasteiger partial charge is 0.306 e. The van der Waals surface area contributed by atoms with Gasteiger partial charge in [0.25, 0.3) is 0 Å². The summed E-state index contributed by atoms with van der Waals surface area (Å²) < 4.78 is 11.4. The summed E-state index contributed by atoms with van der Waals surface area (Å²) in [5, 5.41) is 3.01. The van der Waals surface area contributed by atoms with Gasteiger partial charge in [-0.2, -0.15) is 0 Å². The molecule has 37 heavy (non-hydrogen) atoms. The number of aryl methyl sites for hydroxylation is 1. The molecule has 2 atom stereocenters. The topological polar surface area (TPSA) is 68.7 Å². The van der Waals surface area contributed by atoms with Crippen LogP contribution in [0.5, 0.6) is 0 Å². The van der Waals surface area contributed by atoms with Gasteiger partial charge in [-0.25, -0.2) is 4.98 Å². The first-order chi connectivity index (χ1) is 17.6. The van der Waals surface area contributed by atoms with Gasteiger partial charge in [0.2, 0.25) is 0 Å². The lowest BCUT2D eigenvalue weighted by molar-refractivity contribution is -0.148. The third-order valence-corrected chi connectivity index (χ3v) is 6.86. The van der Waals surface area contributed by atoms with E-state index < -0.39 is 0 Å². The molecule has 2 bridgehead atoms. The Morgan fingerprint density at radius 2 is 1.76 bits per heavy atom. The standard InChI is InChI=1S/C30H44N2O4S/c1-22(16-17-32(5)6)14-15-24(3)19-27-20-28-31-26(21-37-28)11-7-8-12-29(33)35-25(4)18-23(2)10-9-13-30(34)36-27/h10,14-16,19,21,25,27H,7-9,11-13,17-18,20H2,1-6H3/b15-14+,22-16+,23-10+,24-19+/t25-,27+/m0/s1. The van der Waals surface area contributed by atoms with Crippen molar-refractivity contribution < 1.29 is 19.1 Å². The zero-order chi connectivity index (χ0) is 27.2. The van der Waals surface area contributed by atoms with Gasteiger partial charge in [0, 0.05) is 37.6 Å². The maximum absolute atomic E-state index is 12.7. The molecular weight excluding hydrogens is 484 g/mol. The summed E-state index contributed by atoms with van der Waals surface area (Å²) in [4.78, 5) is 31.7. The number of carbonyl (C=O) groups excluding carboxylic acids is 2. The molecule has 1 aromatic rings. The Morgan fingerprint density at radius 3 is 2.51 bits per heavy atom. The second-order valence-electron chi connectivity index (χ2n) is 10.2. The van der Waals surface area contributed by atoms with Gasteiger partial charge >= 0.3 is 11.9 Å². The van der Waals surface area contributed by atoms with Crippen LogP contribution in [0, 0.1) is 0 Å². The van der Waals surface area contributed by atoms with E-state index in [0.29, 0.717) is 32.1 Å². The number of hydrogen-bond donors (Lipinski definition) is 0. The number of hydrogen-bond acceptors (Lipinski definition) is 7. The molecule has 0 fully saturated rings. The molecule has 1 aliphatic heterocycles. The summed E-state index contributed by atoms with van der Waals surface area (Å²) in [5.74, 6) is -0.374. The SMILES string of the molecule is CC(/C=C/C(C)=C/[C@@H]1Cc2nc(cs2)CCCCC(=O)O[C@@H](C)C/C(C)=C/CCC(=O)O1)=C\CN(C)C. The van der Waals surface area contributed by atoms with Crippen LogP contribution in [0.2, 0.25) is 0 Å². The van der Waals surface area contributed by atoms with Crippen LogP contribution >= 0.6 is 11.3 Å². The zero-order valence-electron chi connectivity index (χ0n) is 23.4. The number of carbonyl (C=O) groups is 2. The van der Waals surface area contributed by atoms with Crippen molar-refractivity contribution in [3.63, 3.8) is 0 Å².